The number of pyridine rings is 1. The number of aromatic nitrogens is 1. The third kappa shape index (κ3) is 2.22. The molecule has 0 amide bonds. The molecule has 1 fully saturated rings. The Labute approximate surface area is 109 Å². The van der Waals surface area contributed by atoms with Crippen molar-refractivity contribution < 1.29 is 4.74 Å². The fourth-order valence-electron chi connectivity index (χ4n) is 2.40. The fraction of sp³-hybridized carbons (Fsp3) is 0.357. The number of halogens is 1. The van der Waals surface area contributed by atoms with Crippen LogP contribution < -0.4 is 0 Å². The molecule has 0 N–H and O–H groups in total. The molecule has 3 rings (SSSR count). The summed E-state index contributed by atoms with van der Waals surface area (Å²) in [6.07, 6.45) is 7.61. The first-order valence-corrected chi connectivity index (χ1v) is 6.79. The van der Waals surface area contributed by atoms with Gasteiger partial charge in [0, 0.05) is 34.4 Å². The second-order valence-electron chi connectivity index (χ2n) is 4.45. The van der Waals surface area contributed by atoms with E-state index >= 15 is 0 Å². The molecule has 0 saturated carbocycles. The monoisotopic (exact) mass is 291 g/mol. The van der Waals surface area contributed by atoms with Crippen LogP contribution in [-0.2, 0) is 4.74 Å². The van der Waals surface area contributed by atoms with E-state index in [1.807, 2.05) is 12.4 Å². The topological polar surface area (TPSA) is 22.1 Å². The SMILES string of the molecule is Brc1ccc2cncc(C3CCCCO3)c2c1. The molecule has 1 unspecified atom stereocenters. The summed E-state index contributed by atoms with van der Waals surface area (Å²) in [7, 11) is 0. The van der Waals surface area contributed by atoms with E-state index in [1.165, 1.54) is 29.2 Å². The lowest BCUT2D eigenvalue weighted by Gasteiger charge is -2.23. The Morgan fingerprint density at radius 3 is 3.00 bits per heavy atom. The molecule has 1 aliphatic rings. The van der Waals surface area contributed by atoms with Gasteiger partial charge < -0.3 is 4.74 Å². The van der Waals surface area contributed by atoms with Crippen molar-refractivity contribution in [3.8, 4) is 0 Å². The third-order valence-electron chi connectivity index (χ3n) is 3.28. The van der Waals surface area contributed by atoms with Crippen LogP contribution in [0.4, 0.5) is 0 Å². The van der Waals surface area contributed by atoms with Crippen molar-refractivity contribution in [2.24, 2.45) is 0 Å². The molecule has 1 atom stereocenters. The van der Waals surface area contributed by atoms with Crippen LogP contribution in [-0.4, -0.2) is 11.6 Å². The van der Waals surface area contributed by atoms with Crippen molar-refractivity contribution in [1.82, 2.24) is 4.98 Å². The lowest BCUT2D eigenvalue weighted by molar-refractivity contribution is 0.0157. The number of hydrogen-bond donors (Lipinski definition) is 0. The molecule has 2 aromatic rings. The molecule has 1 aromatic heterocycles. The Balaban J connectivity index is 2.11. The van der Waals surface area contributed by atoms with Gasteiger partial charge in [-0.3, -0.25) is 4.98 Å². The number of ether oxygens (including phenoxy) is 1. The van der Waals surface area contributed by atoms with Crippen LogP contribution in [0.3, 0.4) is 0 Å². The highest BCUT2D eigenvalue weighted by Gasteiger charge is 2.18. The molecule has 0 spiro atoms. The summed E-state index contributed by atoms with van der Waals surface area (Å²) in [5, 5.41) is 2.43. The van der Waals surface area contributed by atoms with E-state index in [1.54, 1.807) is 0 Å². The van der Waals surface area contributed by atoms with Crippen LogP contribution in [0.1, 0.15) is 30.9 Å². The van der Waals surface area contributed by atoms with E-state index in [9.17, 15) is 0 Å². The standard InChI is InChI=1S/C14H14BrNO/c15-11-5-4-10-8-16-9-13(12(10)7-11)14-3-1-2-6-17-14/h4-5,7-9,14H,1-3,6H2. The van der Waals surface area contributed by atoms with Gasteiger partial charge in [0.2, 0.25) is 0 Å². The van der Waals surface area contributed by atoms with E-state index < -0.39 is 0 Å². The molecular weight excluding hydrogens is 278 g/mol. The van der Waals surface area contributed by atoms with Crippen LogP contribution in [0.25, 0.3) is 10.8 Å². The van der Waals surface area contributed by atoms with E-state index in [2.05, 4.69) is 39.1 Å². The maximum Gasteiger partial charge on any atom is 0.0845 e. The van der Waals surface area contributed by atoms with Gasteiger partial charge in [0.05, 0.1) is 6.10 Å². The van der Waals surface area contributed by atoms with Gasteiger partial charge in [-0.05, 0) is 36.8 Å². The molecule has 0 bridgehead atoms. The average molecular weight is 292 g/mol. The molecule has 0 aliphatic carbocycles. The van der Waals surface area contributed by atoms with Crippen molar-refractivity contribution in [2.45, 2.75) is 25.4 Å². The summed E-state index contributed by atoms with van der Waals surface area (Å²) < 4.78 is 6.96. The van der Waals surface area contributed by atoms with Crippen molar-refractivity contribution in [3.63, 3.8) is 0 Å². The lowest BCUT2D eigenvalue weighted by atomic mass is 9.98. The first-order valence-electron chi connectivity index (χ1n) is 5.99. The number of rotatable bonds is 1. The Morgan fingerprint density at radius 1 is 1.24 bits per heavy atom. The summed E-state index contributed by atoms with van der Waals surface area (Å²) in [5.41, 5.74) is 1.23. The Morgan fingerprint density at radius 2 is 2.18 bits per heavy atom. The summed E-state index contributed by atoms with van der Waals surface area (Å²) in [4.78, 5) is 4.32. The van der Waals surface area contributed by atoms with Crippen molar-refractivity contribution in [2.75, 3.05) is 6.61 Å². The molecule has 0 radical (unpaired) electrons. The molecule has 1 saturated heterocycles. The van der Waals surface area contributed by atoms with Crippen LogP contribution in [0.15, 0.2) is 35.1 Å². The van der Waals surface area contributed by atoms with Gasteiger partial charge >= 0.3 is 0 Å². The first-order chi connectivity index (χ1) is 8.34. The predicted octanol–water partition coefficient (Wildman–Crippen LogP) is 4.24. The fourth-order valence-corrected chi connectivity index (χ4v) is 2.76. The van der Waals surface area contributed by atoms with Crippen LogP contribution in [0.2, 0.25) is 0 Å². The maximum absolute atomic E-state index is 5.86. The van der Waals surface area contributed by atoms with E-state index in [0.717, 1.165) is 17.5 Å². The van der Waals surface area contributed by atoms with Crippen molar-refractivity contribution in [1.29, 1.82) is 0 Å². The largest absolute Gasteiger partial charge is 0.373 e. The lowest BCUT2D eigenvalue weighted by Crippen LogP contribution is -2.12. The molecule has 2 nitrogen and oxygen atoms in total. The average Bonchev–Trinajstić information content (AvgIpc) is 2.39. The first kappa shape index (κ1) is 11.2. The maximum atomic E-state index is 5.86. The molecule has 1 aliphatic heterocycles. The summed E-state index contributed by atoms with van der Waals surface area (Å²) in [6.45, 7) is 0.870. The minimum Gasteiger partial charge on any atom is -0.373 e. The molecule has 17 heavy (non-hydrogen) atoms. The van der Waals surface area contributed by atoms with Crippen molar-refractivity contribution >= 4 is 26.7 Å². The quantitative estimate of drug-likeness (QED) is 0.784. The highest BCUT2D eigenvalue weighted by molar-refractivity contribution is 9.10. The Kier molecular flexibility index (Phi) is 3.12. The zero-order valence-corrected chi connectivity index (χ0v) is 11.1. The van der Waals surface area contributed by atoms with Crippen LogP contribution in [0, 0.1) is 0 Å². The highest BCUT2D eigenvalue weighted by Crippen LogP contribution is 2.33. The van der Waals surface area contributed by atoms with Gasteiger partial charge in [-0.25, -0.2) is 0 Å². The summed E-state index contributed by atoms with van der Waals surface area (Å²) >= 11 is 3.53. The summed E-state index contributed by atoms with van der Waals surface area (Å²) in [5.74, 6) is 0. The smallest absolute Gasteiger partial charge is 0.0845 e. The number of fused-ring (bicyclic) bond motifs is 1. The molecule has 88 valence electrons. The minimum absolute atomic E-state index is 0.217. The Hall–Kier alpha value is -0.930. The van der Waals surface area contributed by atoms with E-state index in [4.69, 9.17) is 4.74 Å². The predicted molar refractivity (Wildman–Crippen MR) is 72.0 cm³/mol. The van der Waals surface area contributed by atoms with Crippen LogP contribution in [0.5, 0.6) is 0 Å². The van der Waals surface area contributed by atoms with Gasteiger partial charge in [-0.15, -0.1) is 0 Å². The van der Waals surface area contributed by atoms with Crippen molar-refractivity contribution in [3.05, 3.63) is 40.6 Å². The zero-order valence-electron chi connectivity index (χ0n) is 9.53. The molecule has 1 aromatic carbocycles. The van der Waals surface area contributed by atoms with Gasteiger partial charge in [0.25, 0.3) is 0 Å². The normalized spacial score (nSPS) is 20.6. The summed E-state index contributed by atoms with van der Waals surface area (Å²) in [6, 6.07) is 6.30. The van der Waals surface area contributed by atoms with Crippen LogP contribution >= 0.6 is 15.9 Å². The molecule has 3 heteroatoms. The minimum atomic E-state index is 0.217. The molecule has 2 heterocycles. The van der Waals surface area contributed by atoms with Gasteiger partial charge in [-0.1, -0.05) is 22.0 Å². The van der Waals surface area contributed by atoms with Gasteiger partial charge in [0.1, 0.15) is 0 Å². The second-order valence-corrected chi connectivity index (χ2v) is 5.37. The van der Waals surface area contributed by atoms with Gasteiger partial charge in [0.15, 0.2) is 0 Å². The highest BCUT2D eigenvalue weighted by atomic mass is 79.9. The zero-order chi connectivity index (χ0) is 11.7. The third-order valence-corrected chi connectivity index (χ3v) is 3.77. The van der Waals surface area contributed by atoms with Gasteiger partial charge in [-0.2, -0.15) is 0 Å². The number of nitrogens with zero attached hydrogens (tertiary/aromatic N) is 1. The Bertz CT molecular complexity index is 535. The number of benzene rings is 1. The second kappa shape index (κ2) is 4.75. The number of hydrogen-bond acceptors (Lipinski definition) is 2. The van der Waals surface area contributed by atoms with E-state index in [-0.39, 0.29) is 6.10 Å². The van der Waals surface area contributed by atoms with E-state index in [0.29, 0.717) is 0 Å². The molecular formula is C14H14BrNO.